The molecule has 0 heterocycles. The maximum atomic E-state index is 9.40. The molecular formula is C13H12ClN3O. The first-order chi connectivity index (χ1) is 8.56. The summed E-state index contributed by atoms with van der Waals surface area (Å²) in [7, 11) is 0. The first-order valence-corrected chi connectivity index (χ1v) is 5.70. The van der Waals surface area contributed by atoms with Crippen LogP contribution in [0.4, 0.5) is 17.1 Å². The maximum Gasteiger partial charge on any atom is 0.118 e. The van der Waals surface area contributed by atoms with Crippen molar-refractivity contribution >= 4 is 28.7 Å². The van der Waals surface area contributed by atoms with Gasteiger partial charge in [-0.2, -0.15) is 5.11 Å². The van der Waals surface area contributed by atoms with Gasteiger partial charge in [-0.05, 0) is 48.9 Å². The highest BCUT2D eigenvalue weighted by Crippen LogP contribution is 2.29. The zero-order chi connectivity index (χ0) is 13.1. The summed E-state index contributed by atoms with van der Waals surface area (Å²) in [6.07, 6.45) is 0. The Morgan fingerprint density at radius 1 is 1.11 bits per heavy atom. The quantitative estimate of drug-likeness (QED) is 0.623. The second kappa shape index (κ2) is 5.06. The molecule has 0 atom stereocenters. The topological polar surface area (TPSA) is 71.0 Å². The van der Waals surface area contributed by atoms with Gasteiger partial charge in [0.25, 0.3) is 0 Å². The van der Waals surface area contributed by atoms with Crippen LogP contribution in [0.1, 0.15) is 5.56 Å². The lowest BCUT2D eigenvalue weighted by Crippen LogP contribution is -1.82. The highest BCUT2D eigenvalue weighted by Gasteiger charge is 2.00. The number of hydrogen-bond donors (Lipinski definition) is 2. The predicted molar refractivity (Wildman–Crippen MR) is 72.9 cm³/mol. The fourth-order valence-corrected chi connectivity index (χ4v) is 1.64. The van der Waals surface area contributed by atoms with Crippen molar-refractivity contribution < 1.29 is 5.11 Å². The Kier molecular flexibility index (Phi) is 3.48. The summed E-state index contributed by atoms with van der Waals surface area (Å²) in [4.78, 5) is 0. The standard InChI is InChI=1S/C13H12ClN3O/c1-8-6-10(3-5-13(8)18)16-17-12-4-2-9(15)7-11(12)14/h2-7,18H,15H2,1H3. The zero-order valence-electron chi connectivity index (χ0n) is 9.76. The number of nitrogen functional groups attached to an aromatic ring is 1. The largest absolute Gasteiger partial charge is 0.508 e. The van der Waals surface area contributed by atoms with Crippen molar-refractivity contribution in [2.24, 2.45) is 10.2 Å². The molecule has 2 aromatic rings. The summed E-state index contributed by atoms with van der Waals surface area (Å²) in [6.45, 7) is 1.80. The summed E-state index contributed by atoms with van der Waals surface area (Å²) < 4.78 is 0. The molecule has 0 spiro atoms. The predicted octanol–water partition coefficient (Wildman–Crippen LogP) is 4.35. The fraction of sp³-hybridized carbons (Fsp3) is 0.0769. The molecule has 2 aromatic carbocycles. The van der Waals surface area contributed by atoms with Crippen molar-refractivity contribution in [3.05, 3.63) is 47.0 Å². The number of nitrogens with two attached hydrogens (primary N) is 1. The minimum Gasteiger partial charge on any atom is -0.508 e. The van der Waals surface area contributed by atoms with Crippen molar-refractivity contribution in [1.82, 2.24) is 0 Å². The number of halogens is 1. The Labute approximate surface area is 110 Å². The third-order valence-corrected chi connectivity index (χ3v) is 2.73. The van der Waals surface area contributed by atoms with Crippen LogP contribution in [0.3, 0.4) is 0 Å². The molecule has 0 aliphatic carbocycles. The Morgan fingerprint density at radius 2 is 1.89 bits per heavy atom. The van der Waals surface area contributed by atoms with E-state index in [0.717, 1.165) is 5.56 Å². The Hall–Kier alpha value is -2.07. The average molecular weight is 262 g/mol. The van der Waals surface area contributed by atoms with Crippen LogP contribution in [0.5, 0.6) is 5.75 Å². The summed E-state index contributed by atoms with van der Waals surface area (Å²) in [5.41, 5.74) is 8.12. The van der Waals surface area contributed by atoms with Gasteiger partial charge in [-0.3, -0.25) is 0 Å². The van der Waals surface area contributed by atoms with E-state index in [9.17, 15) is 5.11 Å². The van der Waals surface area contributed by atoms with E-state index in [1.807, 2.05) is 0 Å². The maximum absolute atomic E-state index is 9.40. The summed E-state index contributed by atoms with van der Waals surface area (Å²) in [6, 6.07) is 10.0. The molecule has 0 fully saturated rings. The molecule has 2 rings (SSSR count). The number of anilines is 1. The molecule has 0 amide bonds. The van der Waals surface area contributed by atoms with E-state index in [2.05, 4.69) is 10.2 Å². The monoisotopic (exact) mass is 261 g/mol. The smallest absolute Gasteiger partial charge is 0.118 e. The highest BCUT2D eigenvalue weighted by molar-refractivity contribution is 6.33. The number of rotatable bonds is 2. The molecule has 0 saturated heterocycles. The van der Waals surface area contributed by atoms with Crippen LogP contribution in [0.2, 0.25) is 5.02 Å². The third-order valence-electron chi connectivity index (χ3n) is 2.43. The van der Waals surface area contributed by atoms with Crippen LogP contribution in [0.25, 0.3) is 0 Å². The Balaban J connectivity index is 2.27. The van der Waals surface area contributed by atoms with Gasteiger partial charge in [0.2, 0.25) is 0 Å². The van der Waals surface area contributed by atoms with Gasteiger partial charge >= 0.3 is 0 Å². The second-order valence-corrected chi connectivity index (χ2v) is 4.29. The molecule has 0 aliphatic heterocycles. The minimum atomic E-state index is 0.236. The number of azo groups is 1. The molecule has 0 unspecified atom stereocenters. The van der Waals surface area contributed by atoms with E-state index in [4.69, 9.17) is 17.3 Å². The van der Waals surface area contributed by atoms with Gasteiger partial charge in [0, 0.05) is 5.69 Å². The Bertz CT molecular complexity index is 611. The number of aromatic hydroxyl groups is 1. The van der Waals surface area contributed by atoms with E-state index < -0.39 is 0 Å². The number of hydrogen-bond acceptors (Lipinski definition) is 4. The van der Waals surface area contributed by atoms with E-state index in [-0.39, 0.29) is 5.75 Å². The molecule has 0 aliphatic rings. The van der Waals surface area contributed by atoms with Gasteiger partial charge in [-0.1, -0.05) is 11.6 Å². The number of benzene rings is 2. The Morgan fingerprint density at radius 3 is 2.56 bits per heavy atom. The van der Waals surface area contributed by atoms with Gasteiger partial charge in [0.15, 0.2) is 0 Å². The van der Waals surface area contributed by atoms with Gasteiger partial charge < -0.3 is 10.8 Å². The molecule has 0 bridgehead atoms. The molecule has 18 heavy (non-hydrogen) atoms. The highest BCUT2D eigenvalue weighted by atomic mass is 35.5. The molecule has 0 radical (unpaired) electrons. The van der Waals surface area contributed by atoms with Crippen LogP contribution in [0.15, 0.2) is 46.6 Å². The first-order valence-electron chi connectivity index (χ1n) is 5.32. The van der Waals surface area contributed by atoms with Crippen molar-refractivity contribution in [3.63, 3.8) is 0 Å². The zero-order valence-corrected chi connectivity index (χ0v) is 10.5. The summed E-state index contributed by atoms with van der Waals surface area (Å²) >= 11 is 5.98. The second-order valence-electron chi connectivity index (χ2n) is 3.88. The molecule has 5 heteroatoms. The van der Waals surface area contributed by atoms with Crippen LogP contribution >= 0.6 is 11.6 Å². The average Bonchev–Trinajstić information content (AvgIpc) is 2.32. The van der Waals surface area contributed by atoms with Gasteiger partial charge in [0.1, 0.15) is 11.4 Å². The normalized spacial score (nSPS) is 11.0. The van der Waals surface area contributed by atoms with E-state index in [1.54, 1.807) is 43.3 Å². The van der Waals surface area contributed by atoms with Crippen LogP contribution < -0.4 is 5.73 Å². The lowest BCUT2D eigenvalue weighted by molar-refractivity contribution is 0.471. The van der Waals surface area contributed by atoms with Crippen molar-refractivity contribution in [2.45, 2.75) is 6.92 Å². The number of phenolic OH excluding ortho intramolecular Hbond substituents is 1. The molecule has 4 nitrogen and oxygen atoms in total. The minimum absolute atomic E-state index is 0.236. The lowest BCUT2D eigenvalue weighted by atomic mass is 10.2. The lowest BCUT2D eigenvalue weighted by Gasteiger charge is -2.00. The number of nitrogens with zero attached hydrogens (tertiary/aromatic N) is 2. The van der Waals surface area contributed by atoms with Gasteiger partial charge in [-0.25, -0.2) is 0 Å². The number of phenols is 1. The van der Waals surface area contributed by atoms with Gasteiger partial charge in [-0.15, -0.1) is 5.11 Å². The first kappa shape index (κ1) is 12.4. The number of aryl methyl sites for hydroxylation is 1. The van der Waals surface area contributed by atoms with Crippen molar-refractivity contribution in [2.75, 3.05) is 5.73 Å². The van der Waals surface area contributed by atoms with Crippen LogP contribution in [-0.2, 0) is 0 Å². The molecule has 0 saturated carbocycles. The van der Waals surface area contributed by atoms with Crippen molar-refractivity contribution in [3.8, 4) is 5.75 Å². The van der Waals surface area contributed by atoms with E-state index in [0.29, 0.717) is 22.1 Å². The summed E-state index contributed by atoms with van der Waals surface area (Å²) in [5, 5.41) is 18.0. The van der Waals surface area contributed by atoms with Crippen LogP contribution in [-0.4, -0.2) is 5.11 Å². The summed E-state index contributed by atoms with van der Waals surface area (Å²) in [5.74, 6) is 0.236. The third kappa shape index (κ3) is 2.78. The van der Waals surface area contributed by atoms with E-state index >= 15 is 0 Å². The van der Waals surface area contributed by atoms with Crippen molar-refractivity contribution in [1.29, 1.82) is 0 Å². The SMILES string of the molecule is Cc1cc(N=Nc2ccc(N)cc2Cl)ccc1O. The van der Waals surface area contributed by atoms with Crippen LogP contribution in [0, 0.1) is 6.92 Å². The van der Waals surface area contributed by atoms with E-state index in [1.165, 1.54) is 0 Å². The fourth-order valence-electron chi connectivity index (χ4n) is 1.42. The molecule has 0 aromatic heterocycles. The molecule has 92 valence electrons. The molecular weight excluding hydrogens is 250 g/mol. The molecule has 3 N–H and O–H groups in total. The van der Waals surface area contributed by atoms with Gasteiger partial charge in [0.05, 0.1) is 10.7 Å².